The zero-order chi connectivity index (χ0) is 16.4. The fraction of sp³-hybridized carbons (Fsp3) is 0.167. The second-order valence-electron chi connectivity index (χ2n) is 5.25. The molecule has 0 spiro atoms. The van der Waals surface area contributed by atoms with Gasteiger partial charge >= 0.3 is 0 Å². The molecule has 0 bridgehead atoms. The predicted octanol–water partition coefficient (Wildman–Crippen LogP) is 3.97. The Morgan fingerprint density at radius 1 is 1.17 bits per heavy atom. The van der Waals surface area contributed by atoms with Gasteiger partial charge in [-0.2, -0.15) is 5.10 Å². The Kier molecular flexibility index (Phi) is 4.37. The van der Waals surface area contributed by atoms with Crippen molar-refractivity contribution in [2.45, 2.75) is 13.5 Å². The molecule has 1 aromatic heterocycles. The lowest BCUT2D eigenvalue weighted by Gasteiger charge is -2.12. The molecule has 0 radical (unpaired) electrons. The van der Waals surface area contributed by atoms with E-state index in [2.05, 4.69) is 5.10 Å². The van der Waals surface area contributed by atoms with Crippen LogP contribution >= 0.6 is 11.6 Å². The average Bonchev–Trinajstić information content (AvgIpc) is 3.01. The highest BCUT2D eigenvalue weighted by molar-refractivity contribution is 6.31. The van der Waals surface area contributed by atoms with Gasteiger partial charge in [-0.25, -0.2) is 4.68 Å². The number of hydrogen-bond donors (Lipinski definition) is 1. The first-order valence-corrected chi connectivity index (χ1v) is 7.70. The molecule has 2 N–H and O–H groups in total. The molecule has 23 heavy (non-hydrogen) atoms. The van der Waals surface area contributed by atoms with E-state index in [4.69, 9.17) is 22.1 Å². The summed E-state index contributed by atoms with van der Waals surface area (Å²) in [6.07, 6.45) is 0. The minimum absolute atomic E-state index is 0.385. The van der Waals surface area contributed by atoms with Gasteiger partial charge in [0.05, 0.1) is 24.2 Å². The topological polar surface area (TPSA) is 53.1 Å². The smallest absolute Gasteiger partial charge is 0.118 e. The molecular weight excluding hydrogens is 310 g/mol. The van der Waals surface area contributed by atoms with Gasteiger partial charge in [0.2, 0.25) is 0 Å². The number of halogens is 1. The Hall–Kier alpha value is -2.30. The van der Waals surface area contributed by atoms with Crippen LogP contribution in [0.25, 0.3) is 16.9 Å². The molecule has 5 heteroatoms. The monoisotopic (exact) mass is 327 g/mol. The van der Waals surface area contributed by atoms with Crippen LogP contribution in [0.5, 0.6) is 5.75 Å². The molecule has 0 aliphatic carbocycles. The van der Waals surface area contributed by atoms with Crippen LogP contribution in [0.4, 0.5) is 0 Å². The number of aromatic nitrogens is 2. The van der Waals surface area contributed by atoms with Gasteiger partial charge in [0, 0.05) is 17.1 Å². The van der Waals surface area contributed by atoms with Crippen LogP contribution in [0.1, 0.15) is 11.3 Å². The number of methoxy groups -OCH3 is 1. The fourth-order valence-electron chi connectivity index (χ4n) is 2.51. The van der Waals surface area contributed by atoms with Crippen LogP contribution in [-0.4, -0.2) is 16.9 Å². The van der Waals surface area contributed by atoms with Crippen molar-refractivity contribution in [1.82, 2.24) is 9.78 Å². The van der Waals surface area contributed by atoms with E-state index in [1.54, 1.807) is 7.11 Å². The summed E-state index contributed by atoms with van der Waals surface area (Å²) < 4.78 is 7.12. The predicted molar refractivity (Wildman–Crippen MR) is 93.2 cm³/mol. The van der Waals surface area contributed by atoms with Crippen LogP contribution in [0.3, 0.4) is 0 Å². The summed E-state index contributed by atoms with van der Waals surface area (Å²) in [6, 6.07) is 15.7. The number of benzene rings is 2. The molecule has 0 atom stereocenters. The first-order chi connectivity index (χ1) is 11.1. The van der Waals surface area contributed by atoms with Gasteiger partial charge < -0.3 is 10.5 Å². The molecule has 0 saturated carbocycles. The van der Waals surface area contributed by atoms with Gasteiger partial charge in [-0.05, 0) is 55.0 Å². The summed E-state index contributed by atoms with van der Waals surface area (Å²) in [5.41, 5.74) is 10.5. The fourth-order valence-corrected chi connectivity index (χ4v) is 2.68. The third kappa shape index (κ3) is 2.96. The van der Waals surface area contributed by atoms with E-state index in [-0.39, 0.29) is 0 Å². The SMILES string of the molecule is COc1ccc(-c2cc(CN)nn2-c2cccc(Cl)c2C)cc1. The van der Waals surface area contributed by atoms with Crippen molar-refractivity contribution < 1.29 is 4.74 Å². The van der Waals surface area contributed by atoms with E-state index in [0.29, 0.717) is 11.6 Å². The van der Waals surface area contributed by atoms with E-state index < -0.39 is 0 Å². The quantitative estimate of drug-likeness (QED) is 0.789. The van der Waals surface area contributed by atoms with Crippen molar-refractivity contribution in [2.75, 3.05) is 7.11 Å². The lowest BCUT2D eigenvalue weighted by Crippen LogP contribution is -2.03. The molecule has 0 amide bonds. The van der Waals surface area contributed by atoms with Crippen LogP contribution in [0.15, 0.2) is 48.5 Å². The molecular formula is C18H18ClN3O. The average molecular weight is 328 g/mol. The van der Waals surface area contributed by atoms with Gasteiger partial charge in [-0.1, -0.05) is 17.7 Å². The Bertz CT molecular complexity index is 825. The largest absolute Gasteiger partial charge is 0.497 e. The number of nitrogens with two attached hydrogens (primary N) is 1. The summed E-state index contributed by atoms with van der Waals surface area (Å²) in [7, 11) is 1.65. The van der Waals surface area contributed by atoms with E-state index >= 15 is 0 Å². The maximum Gasteiger partial charge on any atom is 0.118 e. The Morgan fingerprint density at radius 3 is 2.57 bits per heavy atom. The van der Waals surface area contributed by atoms with Gasteiger partial charge in [-0.15, -0.1) is 0 Å². The lowest BCUT2D eigenvalue weighted by atomic mass is 10.1. The van der Waals surface area contributed by atoms with Crippen LogP contribution in [-0.2, 0) is 6.54 Å². The Labute approximate surface area is 140 Å². The Balaban J connectivity index is 2.17. The highest BCUT2D eigenvalue weighted by Gasteiger charge is 2.14. The molecule has 2 aromatic carbocycles. The second kappa shape index (κ2) is 6.44. The summed E-state index contributed by atoms with van der Waals surface area (Å²) in [6.45, 7) is 2.37. The van der Waals surface area contributed by atoms with Crippen molar-refractivity contribution in [2.24, 2.45) is 5.73 Å². The van der Waals surface area contributed by atoms with Crippen molar-refractivity contribution in [1.29, 1.82) is 0 Å². The molecule has 0 aliphatic rings. The van der Waals surface area contributed by atoms with Crippen LogP contribution < -0.4 is 10.5 Å². The number of nitrogens with zero attached hydrogens (tertiary/aromatic N) is 2. The van der Waals surface area contributed by atoms with Gasteiger partial charge in [-0.3, -0.25) is 0 Å². The molecule has 0 saturated heterocycles. The zero-order valence-electron chi connectivity index (χ0n) is 13.1. The molecule has 0 aliphatic heterocycles. The highest BCUT2D eigenvalue weighted by Crippen LogP contribution is 2.29. The third-order valence-electron chi connectivity index (χ3n) is 3.82. The Morgan fingerprint density at radius 2 is 1.91 bits per heavy atom. The maximum absolute atomic E-state index is 6.26. The first kappa shape index (κ1) is 15.6. The normalized spacial score (nSPS) is 10.8. The van der Waals surface area contributed by atoms with Crippen molar-refractivity contribution >= 4 is 11.6 Å². The molecule has 1 heterocycles. The van der Waals surface area contributed by atoms with E-state index in [0.717, 1.165) is 34.0 Å². The second-order valence-corrected chi connectivity index (χ2v) is 5.66. The zero-order valence-corrected chi connectivity index (χ0v) is 13.8. The molecule has 0 fully saturated rings. The van der Waals surface area contributed by atoms with Crippen molar-refractivity contribution in [3.8, 4) is 22.7 Å². The molecule has 3 aromatic rings. The van der Waals surface area contributed by atoms with Crippen LogP contribution in [0, 0.1) is 6.92 Å². The van der Waals surface area contributed by atoms with Gasteiger partial charge in [0.25, 0.3) is 0 Å². The molecule has 118 valence electrons. The summed E-state index contributed by atoms with van der Waals surface area (Å²) in [5.74, 6) is 0.817. The summed E-state index contributed by atoms with van der Waals surface area (Å²) in [4.78, 5) is 0. The van der Waals surface area contributed by atoms with Crippen molar-refractivity contribution in [3.05, 3.63) is 64.8 Å². The lowest BCUT2D eigenvalue weighted by molar-refractivity contribution is 0.415. The van der Waals surface area contributed by atoms with Gasteiger partial charge in [0.1, 0.15) is 5.75 Å². The first-order valence-electron chi connectivity index (χ1n) is 7.33. The van der Waals surface area contributed by atoms with E-state index in [1.165, 1.54) is 0 Å². The maximum atomic E-state index is 6.26. The van der Waals surface area contributed by atoms with Crippen molar-refractivity contribution in [3.63, 3.8) is 0 Å². The summed E-state index contributed by atoms with van der Waals surface area (Å²) in [5, 5.41) is 5.34. The molecule has 3 rings (SSSR count). The number of ether oxygens (including phenoxy) is 1. The highest BCUT2D eigenvalue weighted by atomic mass is 35.5. The number of hydrogen-bond acceptors (Lipinski definition) is 3. The standard InChI is InChI=1S/C18H18ClN3O/c1-12-16(19)4-3-5-17(12)22-18(10-14(11-20)21-22)13-6-8-15(23-2)9-7-13/h3-10H,11,20H2,1-2H3. The summed E-state index contributed by atoms with van der Waals surface area (Å²) >= 11 is 6.26. The molecule has 4 nitrogen and oxygen atoms in total. The van der Waals surface area contributed by atoms with E-state index in [9.17, 15) is 0 Å². The van der Waals surface area contributed by atoms with Gasteiger partial charge in [0.15, 0.2) is 0 Å². The number of rotatable bonds is 4. The third-order valence-corrected chi connectivity index (χ3v) is 4.23. The van der Waals surface area contributed by atoms with E-state index in [1.807, 2.05) is 60.1 Å². The van der Waals surface area contributed by atoms with Crippen LogP contribution in [0.2, 0.25) is 5.02 Å². The minimum Gasteiger partial charge on any atom is -0.497 e. The minimum atomic E-state index is 0.385. The molecule has 0 unspecified atom stereocenters.